The molecule has 8 heteroatoms. The van der Waals surface area contributed by atoms with Gasteiger partial charge < -0.3 is 15.1 Å². The van der Waals surface area contributed by atoms with Gasteiger partial charge in [-0.15, -0.1) is 0 Å². The molecule has 0 saturated carbocycles. The largest absolute Gasteiger partial charge is 0.369 e. The summed E-state index contributed by atoms with van der Waals surface area (Å²) in [5.41, 5.74) is 5.67. The van der Waals surface area contributed by atoms with Crippen molar-refractivity contribution in [2.24, 2.45) is 5.92 Å². The van der Waals surface area contributed by atoms with Crippen molar-refractivity contribution < 1.29 is 13.2 Å². The molecule has 4 rings (SSSR count). The first-order valence-electron chi connectivity index (χ1n) is 12.5. The molecule has 2 saturated heterocycles. The molecule has 35 heavy (non-hydrogen) atoms. The molecule has 190 valence electrons. The molecule has 0 aromatic heterocycles. The van der Waals surface area contributed by atoms with Gasteiger partial charge in [-0.25, -0.2) is 8.42 Å². The van der Waals surface area contributed by atoms with Crippen molar-refractivity contribution in [1.82, 2.24) is 9.21 Å². The highest BCUT2D eigenvalue weighted by molar-refractivity contribution is 7.89. The lowest BCUT2D eigenvalue weighted by atomic mass is 9.97. The fraction of sp³-hybridized carbons (Fsp3) is 0.519. The summed E-state index contributed by atoms with van der Waals surface area (Å²) in [6.07, 6.45) is 1.04. The number of nitrogens with zero attached hydrogens (tertiary/aromatic N) is 3. The molecule has 1 amide bonds. The fourth-order valence-corrected chi connectivity index (χ4v) is 7.23. The van der Waals surface area contributed by atoms with Crippen LogP contribution in [0.25, 0.3) is 0 Å². The maximum Gasteiger partial charge on any atom is 0.243 e. The van der Waals surface area contributed by atoms with E-state index in [1.165, 1.54) is 9.99 Å². The number of amides is 1. The molecule has 2 aliphatic rings. The van der Waals surface area contributed by atoms with E-state index >= 15 is 0 Å². The van der Waals surface area contributed by atoms with Crippen LogP contribution in [0, 0.1) is 33.6 Å². The Bertz CT molecular complexity index is 1170. The summed E-state index contributed by atoms with van der Waals surface area (Å²) in [5, 5.41) is 3.09. The van der Waals surface area contributed by atoms with Crippen LogP contribution >= 0.6 is 0 Å². The van der Waals surface area contributed by atoms with E-state index in [0.29, 0.717) is 30.8 Å². The maximum atomic E-state index is 13.4. The van der Waals surface area contributed by atoms with E-state index in [9.17, 15) is 13.2 Å². The average Bonchev–Trinajstić information content (AvgIpc) is 2.80. The van der Waals surface area contributed by atoms with Crippen molar-refractivity contribution in [3.8, 4) is 0 Å². The van der Waals surface area contributed by atoms with Crippen LogP contribution in [0.15, 0.2) is 35.2 Å². The van der Waals surface area contributed by atoms with Crippen molar-refractivity contribution in [3.63, 3.8) is 0 Å². The van der Waals surface area contributed by atoms with Crippen LogP contribution in [-0.2, 0) is 14.8 Å². The predicted octanol–water partition coefficient (Wildman–Crippen LogP) is 3.71. The average molecular weight is 499 g/mol. The van der Waals surface area contributed by atoms with Gasteiger partial charge in [-0.2, -0.15) is 4.31 Å². The monoisotopic (exact) mass is 498 g/mol. The van der Waals surface area contributed by atoms with E-state index in [-0.39, 0.29) is 11.8 Å². The maximum absolute atomic E-state index is 13.4. The number of hydrogen-bond donors (Lipinski definition) is 1. The van der Waals surface area contributed by atoms with Gasteiger partial charge in [-0.05, 0) is 82.5 Å². The highest BCUT2D eigenvalue weighted by Gasteiger charge is 2.34. The fourth-order valence-electron chi connectivity index (χ4n) is 5.35. The van der Waals surface area contributed by atoms with Gasteiger partial charge in [-0.1, -0.05) is 17.7 Å². The van der Waals surface area contributed by atoms with E-state index in [4.69, 9.17) is 0 Å². The molecule has 7 nitrogen and oxygen atoms in total. The molecule has 2 aromatic carbocycles. The van der Waals surface area contributed by atoms with Gasteiger partial charge >= 0.3 is 0 Å². The molecule has 0 spiro atoms. The zero-order valence-corrected chi connectivity index (χ0v) is 22.4. The predicted molar refractivity (Wildman–Crippen MR) is 142 cm³/mol. The van der Waals surface area contributed by atoms with Crippen LogP contribution in [0.3, 0.4) is 0 Å². The molecule has 0 atom stereocenters. The molecule has 0 aliphatic carbocycles. The Kier molecular flexibility index (Phi) is 7.54. The minimum absolute atomic E-state index is 0.0276. The van der Waals surface area contributed by atoms with E-state index in [1.807, 2.05) is 45.9 Å². The summed E-state index contributed by atoms with van der Waals surface area (Å²) in [7, 11) is -1.44. The number of anilines is 2. The summed E-state index contributed by atoms with van der Waals surface area (Å²) < 4.78 is 28.2. The van der Waals surface area contributed by atoms with Crippen LogP contribution in [0.1, 0.15) is 35.1 Å². The number of rotatable bonds is 5. The number of aryl methyl sites for hydroxylation is 4. The van der Waals surface area contributed by atoms with E-state index in [2.05, 4.69) is 34.3 Å². The lowest BCUT2D eigenvalue weighted by Gasteiger charge is -2.34. The van der Waals surface area contributed by atoms with E-state index in [0.717, 1.165) is 54.1 Å². The number of hydrogen-bond acceptors (Lipinski definition) is 5. The van der Waals surface area contributed by atoms with Crippen molar-refractivity contribution in [2.75, 3.05) is 56.5 Å². The standard InChI is InChI=1S/C27H38N4O3S/c1-19-16-21(3)26(22(4)17-19)35(33,34)31-10-8-23(9-11-31)27(32)28-25-7-6-24(18-20(25)2)30-14-12-29(5)13-15-30/h6-7,16-18,23H,8-15H2,1-5H3,(H,28,32). The Morgan fingerprint density at radius 3 is 2.03 bits per heavy atom. The zero-order valence-electron chi connectivity index (χ0n) is 21.6. The van der Waals surface area contributed by atoms with Gasteiger partial charge in [0.1, 0.15) is 0 Å². The summed E-state index contributed by atoms with van der Waals surface area (Å²) in [4.78, 5) is 18.1. The van der Waals surface area contributed by atoms with Crippen molar-refractivity contribution >= 4 is 27.3 Å². The minimum Gasteiger partial charge on any atom is -0.369 e. The van der Waals surface area contributed by atoms with Gasteiger partial charge in [0.2, 0.25) is 15.9 Å². The Labute approximate surface area is 210 Å². The lowest BCUT2D eigenvalue weighted by molar-refractivity contribution is -0.120. The Hall–Kier alpha value is -2.42. The highest BCUT2D eigenvalue weighted by Crippen LogP contribution is 2.30. The normalized spacial score (nSPS) is 18.6. The number of carbonyl (C=O) groups excluding carboxylic acids is 1. The SMILES string of the molecule is Cc1cc(C)c(S(=O)(=O)N2CCC(C(=O)Nc3ccc(N4CCN(C)CC4)cc3C)CC2)c(C)c1. The number of piperazine rings is 1. The quantitative estimate of drug-likeness (QED) is 0.680. The molecule has 0 bridgehead atoms. The Morgan fingerprint density at radius 2 is 1.46 bits per heavy atom. The van der Waals surface area contributed by atoms with Crippen LogP contribution in [0.2, 0.25) is 0 Å². The first-order valence-corrected chi connectivity index (χ1v) is 13.9. The number of piperidine rings is 1. The number of sulfonamides is 1. The van der Waals surface area contributed by atoms with Gasteiger partial charge in [0.15, 0.2) is 0 Å². The van der Waals surface area contributed by atoms with Crippen LogP contribution in [0.5, 0.6) is 0 Å². The minimum atomic E-state index is -3.58. The van der Waals surface area contributed by atoms with Gasteiger partial charge in [-0.3, -0.25) is 4.79 Å². The molecule has 2 fully saturated rings. The molecule has 2 aromatic rings. The zero-order chi connectivity index (χ0) is 25.3. The summed E-state index contributed by atoms with van der Waals surface area (Å²) in [6.45, 7) is 12.5. The lowest BCUT2D eigenvalue weighted by Crippen LogP contribution is -2.44. The van der Waals surface area contributed by atoms with Crippen molar-refractivity contribution in [3.05, 3.63) is 52.6 Å². The third-order valence-corrected chi connectivity index (χ3v) is 9.57. The van der Waals surface area contributed by atoms with Crippen LogP contribution in [-0.4, -0.2) is 69.8 Å². The molecule has 1 N–H and O–H groups in total. The number of likely N-dealkylation sites (N-methyl/N-ethyl adjacent to an activating group) is 1. The summed E-state index contributed by atoms with van der Waals surface area (Å²) in [6, 6.07) is 10.0. The summed E-state index contributed by atoms with van der Waals surface area (Å²) in [5.74, 6) is -0.224. The molecule has 0 radical (unpaired) electrons. The van der Waals surface area contributed by atoms with E-state index in [1.54, 1.807) is 0 Å². The van der Waals surface area contributed by atoms with Crippen molar-refractivity contribution in [1.29, 1.82) is 0 Å². The Morgan fingerprint density at radius 1 is 0.857 bits per heavy atom. The second-order valence-electron chi connectivity index (χ2n) is 10.2. The second kappa shape index (κ2) is 10.3. The third-order valence-electron chi connectivity index (χ3n) is 7.36. The van der Waals surface area contributed by atoms with Gasteiger partial charge in [0.05, 0.1) is 4.90 Å². The summed E-state index contributed by atoms with van der Waals surface area (Å²) >= 11 is 0. The van der Waals surface area contributed by atoms with Gasteiger partial charge in [0, 0.05) is 56.6 Å². The first kappa shape index (κ1) is 25.7. The van der Waals surface area contributed by atoms with Crippen LogP contribution in [0.4, 0.5) is 11.4 Å². The van der Waals surface area contributed by atoms with Crippen molar-refractivity contribution in [2.45, 2.75) is 45.4 Å². The Balaban J connectivity index is 1.37. The molecule has 2 aliphatic heterocycles. The topological polar surface area (TPSA) is 73.0 Å². The molecule has 2 heterocycles. The molecule has 0 unspecified atom stereocenters. The second-order valence-corrected chi connectivity index (χ2v) is 12.1. The molecular weight excluding hydrogens is 460 g/mol. The van der Waals surface area contributed by atoms with Gasteiger partial charge in [0.25, 0.3) is 0 Å². The smallest absolute Gasteiger partial charge is 0.243 e. The third kappa shape index (κ3) is 5.55. The molecular formula is C27H38N4O3S. The number of benzene rings is 2. The van der Waals surface area contributed by atoms with E-state index < -0.39 is 10.0 Å². The highest BCUT2D eigenvalue weighted by atomic mass is 32.2. The first-order chi connectivity index (χ1) is 16.6. The number of carbonyl (C=O) groups is 1. The number of nitrogens with one attached hydrogen (secondary N) is 1. The van der Waals surface area contributed by atoms with Crippen LogP contribution < -0.4 is 10.2 Å².